The molecular weight excluding hydrogens is 327 g/mol. The van der Waals surface area contributed by atoms with Crippen molar-refractivity contribution in [3.05, 3.63) is 0 Å². The van der Waals surface area contributed by atoms with Crippen LogP contribution in [0.2, 0.25) is 0 Å². The number of rotatable bonds is 6. The summed E-state index contributed by atoms with van der Waals surface area (Å²) in [5.41, 5.74) is 0. The van der Waals surface area contributed by atoms with Gasteiger partial charge in [-0.3, -0.25) is 4.55 Å². The summed E-state index contributed by atoms with van der Waals surface area (Å²) < 4.78 is 139. The van der Waals surface area contributed by atoms with E-state index < -0.39 is 40.2 Å². The summed E-state index contributed by atoms with van der Waals surface area (Å²) in [6.07, 6.45) is -12.4. The molecule has 19 heavy (non-hydrogen) atoms. The summed E-state index contributed by atoms with van der Waals surface area (Å²) in [6, 6.07) is 0. The first-order chi connectivity index (χ1) is 8.02. The van der Waals surface area contributed by atoms with Crippen LogP contribution in [0.15, 0.2) is 0 Å². The van der Waals surface area contributed by atoms with Crippen LogP contribution in [0.4, 0.5) is 39.5 Å². The first kappa shape index (κ1) is 18.2. The van der Waals surface area contributed by atoms with Crippen LogP contribution in [0, 0.1) is 0 Å². The van der Waals surface area contributed by atoms with E-state index in [2.05, 4.69) is 0 Å². The van der Waals surface area contributed by atoms with Crippen LogP contribution < -0.4 is 0 Å². The first-order valence-corrected chi connectivity index (χ1v) is 5.20. The quantitative estimate of drug-likeness (QED) is 0.599. The summed E-state index contributed by atoms with van der Waals surface area (Å²) in [6.45, 7) is -3.07. The van der Waals surface area contributed by atoms with Gasteiger partial charge in [-0.25, -0.2) is 9.13 Å². The van der Waals surface area contributed by atoms with Gasteiger partial charge >= 0.3 is 33.5 Å². The van der Waals surface area contributed by atoms with E-state index in [1.807, 2.05) is 4.74 Å². The number of halogens is 9. The van der Waals surface area contributed by atoms with Crippen molar-refractivity contribution in [2.75, 3.05) is 6.67 Å². The van der Waals surface area contributed by atoms with Gasteiger partial charge in [0.1, 0.15) is 0 Å². The third-order valence-corrected chi connectivity index (χ3v) is 2.39. The lowest BCUT2D eigenvalue weighted by Gasteiger charge is -2.31. The molecule has 0 rings (SSSR count). The van der Waals surface area contributed by atoms with E-state index in [4.69, 9.17) is 4.55 Å². The van der Waals surface area contributed by atoms with Crippen molar-refractivity contribution >= 4 is 10.1 Å². The molecule has 0 aromatic heterocycles. The van der Waals surface area contributed by atoms with Gasteiger partial charge in [-0.2, -0.15) is 43.5 Å². The van der Waals surface area contributed by atoms with Gasteiger partial charge in [-0.15, -0.1) is 0 Å². The maximum absolute atomic E-state index is 12.5. The highest BCUT2D eigenvalue weighted by Crippen LogP contribution is 2.50. The van der Waals surface area contributed by atoms with Gasteiger partial charge in [-0.05, 0) is 0 Å². The van der Waals surface area contributed by atoms with Gasteiger partial charge in [0, 0.05) is 0 Å². The van der Waals surface area contributed by atoms with Gasteiger partial charge in [-0.1, -0.05) is 0 Å². The minimum atomic E-state index is -7.09. The third-order valence-electron chi connectivity index (χ3n) is 1.49. The molecule has 0 unspecified atom stereocenters. The maximum atomic E-state index is 12.5. The van der Waals surface area contributed by atoms with E-state index in [1.54, 1.807) is 0 Å². The second kappa shape index (κ2) is 4.66. The molecule has 0 fully saturated rings. The SMILES string of the molecule is O=S(=O)(O)C(F)(F)C(F)(F)C(F)(F)OC(F)(F)CF. The molecule has 0 radical (unpaired) electrons. The molecular formula is C5H3F9O4S. The van der Waals surface area contributed by atoms with Crippen LogP contribution in [0.5, 0.6) is 0 Å². The van der Waals surface area contributed by atoms with Gasteiger partial charge in [0.15, 0.2) is 6.67 Å². The molecule has 0 atom stereocenters. The van der Waals surface area contributed by atoms with Crippen molar-refractivity contribution in [3.8, 4) is 0 Å². The average Bonchev–Trinajstić information content (AvgIpc) is 2.13. The highest BCUT2D eigenvalue weighted by atomic mass is 32.2. The summed E-state index contributed by atoms with van der Waals surface area (Å²) >= 11 is 0. The number of ether oxygens (including phenoxy) is 1. The molecule has 0 aliphatic rings. The Bertz CT molecular complexity index is 430. The minimum Gasteiger partial charge on any atom is -0.281 e. The Morgan fingerprint density at radius 1 is 0.947 bits per heavy atom. The van der Waals surface area contributed by atoms with Gasteiger partial charge < -0.3 is 0 Å². The fourth-order valence-electron chi connectivity index (χ4n) is 0.610. The van der Waals surface area contributed by atoms with E-state index >= 15 is 0 Å². The molecule has 0 aromatic rings. The molecule has 0 amide bonds. The van der Waals surface area contributed by atoms with Crippen molar-refractivity contribution in [1.82, 2.24) is 0 Å². The summed E-state index contributed by atoms with van der Waals surface area (Å²) in [5.74, 6) is -7.09. The zero-order valence-electron chi connectivity index (χ0n) is 8.19. The zero-order valence-corrected chi connectivity index (χ0v) is 9.01. The molecule has 0 aliphatic heterocycles. The normalized spacial score (nSPS) is 15.7. The molecule has 0 aliphatic carbocycles. The van der Waals surface area contributed by atoms with Crippen LogP contribution in [0.3, 0.4) is 0 Å². The third kappa shape index (κ3) is 3.22. The summed E-state index contributed by atoms with van der Waals surface area (Å²) in [5, 5.41) is -6.85. The largest absolute Gasteiger partial charge is 0.440 e. The number of hydrogen-bond acceptors (Lipinski definition) is 3. The fourth-order valence-corrected chi connectivity index (χ4v) is 1.05. The van der Waals surface area contributed by atoms with Gasteiger partial charge in [0.2, 0.25) is 0 Å². The zero-order chi connectivity index (χ0) is 15.9. The van der Waals surface area contributed by atoms with E-state index in [9.17, 15) is 47.9 Å². The molecule has 0 heterocycles. The van der Waals surface area contributed by atoms with E-state index in [-0.39, 0.29) is 0 Å². The predicted octanol–water partition coefficient (Wildman–Crippen LogP) is 2.27. The number of hydrogen-bond donors (Lipinski definition) is 1. The standard InChI is InChI=1S/C5H3F9O4S/c6-1-2(7,8)18-4(11,12)3(9,10)5(13,14)19(15,16)17/h1H2,(H,15,16,17). The lowest BCUT2D eigenvalue weighted by molar-refractivity contribution is -0.450. The van der Waals surface area contributed by atoms with Gasteiger partial charge in [0.25, 0.3) is 0 Å². The number of alkyl halides is 9. The predicted molar refractivity (Wildman–Crippen MR) is 38.4 cm³/mol. The van der Waals surface area contributed by atoms with Crippen LogP contribution >= 0.6 is 0 Å². The molecule has 116 valence electrons. The van der Waals surface area contributed by atoms with Crippen LogP contribution in [0.1, 0.15) is 0 Å². The van der Waals surface area contributed by atoms with Crippen LogP contribution in [0.25, 0.3) is 0 Å². The Morgan fingerprint density at radius 2 is 1.32 bits per heavy atom. The Morgan fingerprint density at radius 3 is 1.58 bits per heavy atom. The van der Waals surface area contributed by atoms with Crippen molar-refractivity contribution in [3.63, 3.8) is 0 Å². The second-order valence-corrected chi connectivity index (χ2v) is 4.42. The summed E-state index contributed by atoms with van der Waals surface area (Å²) in [4.78, 5) is 0. The highest BCUT2D eigenvalue weighted by molar-refractivity contribution is 7.87. The molecule has 14 heteroatoms. The first-order valence-electron chi connectivity index (χ1n) is 3.76. The Hall–Kier alpha value is -0.760. The lowest BCUT2D eigenvalue weighted by atomic mass is 10.3. The van der Waals surface area contributed by atoms with Crippen molar-refractivity contribution < 1.29 is 57.2 Å². The van der Waals surface area contributed by atoms with Crippen molar-refractivity contribution in [2.45, 2.75) is 23.4 Å². The molecule has 0 aromatic carbocycles. The molecule has 0 bridgehead atoms. The van der Waals surface area contributed by atoms with Crippen LogP contribution in [-0.4, -0.2) is 43.0 Å². The molecule has 4 nitrogen and oxygen atoms in total. The average molecular weight is 330 g/mol. The fraction of sp³-hybridized carbons (Fsp3) is 1.00. The Kier molecular flexibility index (Phi) is 4.47. The molecule has 0 spiro atoms. The van der Waals surface area contributed by atoms with E-state index in [0.717, 1.165) is 0 Å². The lowest BCUT2D eigenvalue weighted by Crippen LogP contribution is -2.60. The Labute approximate surface area is 98.4 Å². The van der Waals surface area contributed by atoms with Crippen molar-refractivity contribution in [1.29, 1.82) is 0 Å². The van der Waals surface area contributed by atoms with Crippen LogP contribution in [-0.2, 0) is 14.9 Å². The second-order valence-electron chi connectivity index (χ2n) is 2.96. The minimum absolute atomic E-state index is 1.87. The molecule has 1 N–H and O–H groups in total. The van der Waals surface area contributed by atoms with Gasteiger partial charge in [0.05, 0.1) is 0 Å². The van der Waals surface area contributed by atoms with E-state index in [0.29, 0.717) is 0 Å². The van der Waals surface area contributed by atoms with E-state index in [1.165, 1.54) is 0 Å². The summed E-state index contributed by atoms with van der Waals surface area (Å²) in [7, 11) is -7.09. The van der Waals surface area contributed by atoms with Crippen molar-refractivity contribution in [2.24, 2.45) is 0 Å². The molecule has 0 saturated carbocycles. The maximum Gasteiger partial charge on any atom is 0.440 e. The highest BCUT2D eigenvalue weighted by Gasteiger charge is 2.80. The Balaban J connectivity index is 5.65. The monoisotopic (exact) mass is 330 g/mol. The smallest absolute Gasteiger partial charge is 0.281 e. The molecule has 0 saturated heterocycles. The topological polar surface area (TPSA) is 63.6 Å².